The summed E-state index contributed by atoms with van der Waals surface area (Å²) in [6.07, 6.45) is 54.9. The second-order valence-corrected chi connectivity index (χ2v) is 15.4. The topological polar surface area (TPSA) is 21.6 Å². The van der Waals surface area contributed by atoms with Crippen molar-refractivity contribution in [1.29, 1.82) is 0 Å². The highest BCUT2D eigenvalue weighted by Crippen LogP contribution is 2.18. The number of hydrogen-bond acceptors (Lipinski definition) is 2. The van der Waals surface area contributed by atoms with E-state index in [9.17, 15) is 0 Å². The predicted molar refractivity (Wildman–Crippen MR) is 218 cm³/mol. The molecule has 0 aliphatic rings. The molecule has 0 aromatic heterocycles. The summed E-state index contributed by atoms with van der Waals surface area (Å²) in [7, 11) is 6.79. The monoisotopic (exact) mass is 670 g/mol. The molecule has 0 atom stereocenters. The summed E-state index contributed by atoms with van der Waals surface area (Å²) >= 11 is 0. The van der Waals surface area contributed by atoms with Gasteiger partial charge < -0.3 is 9.32 Å². The summed E-state index contributed by atoms with van der Waals surface area (Å²) in [5.41, 5.74) is 1.16. The van der Waals surface area contributed by atoms with Gasteiger partial charge in [0.2, 0.25) is 0 Å². The third-order valence-corrected chi connectivity index (χ3v) is 9.18. The van der Waals surface area contributed by atoms with Crippen LogP contribution in [0.4, 0.5) is 0 Å². The number of allylic oxidation sites excluding steroid dienone is 8. The van der Waals surface area contributed by atoms with Crippen molar-refractivity contribution in [3.63, 3.8) is 0 Å². The van der Waals surface area contributed by atoms with Gasteiger partial charge in [-0.3, -0.25) is 0 Å². The largest absolute Gasteiger partial charge is 0.393 e. The summed E-state index contributed by atoms with van der Waals surface area (Å²) in [5, 5.41) is 4.62. The van der Waals surface area contributed by atoms with Gasteiger partial charge >= 0.3 is 0 Å². The van der Waals surface area contributed by atoms with E-state index in [0.717, 1.165) is 42.3 Å². The Morgan fingerprint density at radius 1 is 0.500 bits per heavy atom. The second-order valence-electron chi connectivity index (χ2n) is 15.4. The van der Waals surface area contributed by atoms with Crippen LogP contribution >= 0.6 is 0 Å². The number of oxime groups is 1. The molecule has 0 heterocycles. The second kappa shape index (κ2) is 36.7. The molecule has 0 N–H and O–H groups in total. The van der Waals surface area contributed by atoms with Gasteiger partial charge in [0.25, 0.3) is 0 Å². The molecule has 0 spiro atoms. The van der Waals surface area contributed by atoms with Crippen molar-refractivity contribution in [3.05, 3.63) is 48.6 Å². The van der Waals surface area contributed by atoms with E-state index in [1.807, 2.05) is 0 Å². The molecule has 0 amide bonds. The number of unbranched alkanes of at least 4 members (excludes halogenated alkanes) is 18. The molecule has 0 aliphatic carbocycles. The summed E-state index contributed by atoms with van der Waals surface area (Å²) < 4.78 is 1.01. The summed E-state index contributed by atoms with van der Waals surface area (Å²) in [5.74, 6) is 0. The fraction of sp³-hybridized carbons (Fsp3) is 0.800. The van der Waals surface area contributed by atoms with Gasteiger partial charge in [0.1, 0.15) is 6.10 Å². The minimum Gasteiger partial charge on any atom is -0.393 e. The average Bonchev–Trinajstić information content (AvgIpc) is 3.05. The van der Waals surface area contributed by atoms with Crippen molar-refractivity contribution >= 4 is 5.71 Å². The van der Waals surface area contributed by atoms with E-state index >= 15 is 0 Å². The van der Waals surface area contributed by atoms with Crippen LogP contribution in [0.5, 0.6) is 0 Å². The van der Waals surface area contributed by atoms with E-state index in [-0.39, 0.29) is 6.10 Å². The van der Waals surface area contributed by atoms with Gasteiger partial charge in [-0.15, -0.1) is 0 Å². The Labute approximate surface area is 302 Å². The first kappa shape index (κ1) is 46.4. The Morgan fingerprint density at radius 2 is 0.875 bits per heavy atom. The number of rotatable bonds is 36. The zero-order valence-electron chi connectivity index (χ0n) is 33.5. The highest BCUT2D eigenvalue weighted by atomic mass is 16.6. The average molecular weight is 670 g/mol. The molecule has 0 saturated heterocycles. The van der Waals surface area contributed by atoms with E-state index in [2.05, 4.69) is 95.7 Å². The minimum atomic E-state index is 0.287. The van der Waals surface area contributed by atoms with Crippen LogP contribution in [0.3, 0.4) is 0 Å². The maximum Gasteiger partial charge on any atom is 0.127 e. The fourth-order valence-corrected chi connectivity index (χ4v) is 5.99. The van der Waals surface area contributed by atoms with Crippen LogP contribution in [-0.4, -0.2) is 44.0 Å². The zero-order chi connectivity index (χ0) is 35.2. The lowest BCUT2D eigenvalue weighted by molar-refractivity contribution is -0.870. The van der Waals surface area contributed by atoms with Crippen LogP contribution in [0.15, 0.2) is 53.8 Å². The van der Waals surface area contributed by atoms with Crippen molar-refractivity contribution in [2.45, 2.75) is 207 Å². The lowest BCUT2D eigenvalue weighted by Crippen LogP contribution is -2.35. The van der Waals surface area contributed by atoms with Crippen molar-refractivity contribution in [1.82, 2.24) is 0 Å². The highest BCUT2D eigenvalue weighted by Gasteiger charge is 2.11. The lowest BCUT2D eigenvalue weighted by Gasteiger charge is -2.23. The van der Waals surface area contributed by atoms with Crippen molar-refractivity contribution in [2.75, 3.05) is 27.7 Å². The smallest absolute Gasteiger partial charge is 0.127 e. The number of hydrogen-bond donors (Lipinski definition) is 0. The molecule has 0 fully saturated rings. The molecule has 0 aliphatic heterocycles. The van der Waals surface area contributed by atoms with Crippen LogP contribution in [-0.2, 0) is 4.84 Å². The third kappa shape index (κ3) is 38.8. The van der Waals surface area contributed by atoms with Gasteiger partial charge in [0.15, 0.2) is 0 Å². The maximum absolute atomic E-state index is 6.19. The predicted octanol–water partition coefficient (Wildman–Crippen LogP) is 14.6. The van der Waals surface area contributed by atoms with E-state index < -0.39 is 0 Å². The quantitative estimate of drug-likeness (QED) is 0.0214. The first-order valence-corrected chi connectivity index (χ1v) is 21.0. The van der Waals surface area contributed by atoms with Gasteiger partial charge in [-0.2, -0.15) is 0 Å². The van der Waals surface area contributed by atoms with Crippen LogP contribution < -0.4 is 0 Å². The molecule has 280 valence electrons. The van der Waals surface area contributed by atoms with Gasteiger partial charge in [-0.25, -0.2) is 0 Å². The third-order valence-electron chi connectivity index (χ3n) is 9.18. The first-order chi connectivity index (χ1) is 23.4. The maximum atomic E-state index is 6.19. The molecule has 3 heteroatoms. The van der Waals surface area contributed by atoms with E-state index in [1.165, 1.54) is 154 Å². The molecule has 3 nitrogen and oxygen atoms in total. The normalized spacial score (nSPS) is 13.1. The Balaban J connectivity index is 4.16. The number of quaternary nitrogens is 1. The van der Waals surface area contributed by atoms with E-state index in [0.29, 0.717) is 0 Å². The molecule has 0 aromatic carbocycles. The van der Waals surface area contributed by atoms with E-state index in [1.54, 1.807) is 0 Å². The number of nitrogens with zero attached hydrogens (tertiary/aromatic N) is 2. The zero-order valence-corrected chi connectivity index (χ0v) is 33.5. The summed E-state index contributed by atoms with van der Waals surface area (Å²) in [4.78, 5) is 6.19. The molecule has 0 rings (SSSR count). The summed E-state index contributed by atoms with van der Waals surface area (Å²) in [6, 6.07) is 0. The highest BCUT2D eigenvalue weighted by molar-refractivity contribution is 5.81. The molecule has 0 saturated carbocycles. The van der Waals surface area contributed by atoms with Crippen LogP contribution in [0.25, 0.3) is 0 Å². The molecule has 0 aromatic rings. The molecular weight excluding hydrogens is 585 g/mol. The molecule has 0 unspecified atom stereocenters. The minimum absolute atomic E-state index is 0.287. The van der Waals surface area contributed by atoms with Crippen LogP contribution in [0, 0.1) is 0 Å². The lowest BCUT2D eigenvalue weighted by atomic mass is 10.0. The summed E-state index contributed by atoms with van der Waals surface area (Å²) in [6.45, 7) is 7.86. The van der Waals surface area contributed by atoms with Gasteiger partial charge in [-0.05, 0) is 103 Å². The van der Waals surface area contributed by atoms with Crippen molar-refractivity contribution in [3.8, 4) is 0 Å². The van der Waals surface area contributed by atoms with Gasteiger partial charge in [-0.1, -0.05) is 145 Å². The van der Waals surface area contributed by atoms with Crippen LogP contribution in [0.2, 0.25) is 0 Å². The Hall–Kier alpha value is -1.61. The van der Waals surface area contributed by atoms with Crippen LogP contribution in [0.1, 0.15) is 201 Å². The molecular formula is C45H85N2O+. The van der Waals surface area contributed by atoms with Gasteiger partial charge in [0, 0.05) is 6.42 Å². The Kier molecular flexibility index (Phi) is 35.4. The molecule has 48 heavy (non-hydrogen) atoms. The van der Waals surface area contributed by atoms with Crippen molar-refractivity contribution in [2.24, 2.45) is 5.16 Å². The molecule has 0 bridgehead atoms. The van der Waals surface area contributed by atoms with Gasteiger partial charge in [0.05, 0.1) is 33.4 Å². The SMILES string of the molecule is CCCCC/C=C\C/C=C\CCCCCCCCC(CCCCCCCC/C=C\C/C=C\CCCCC)O/N=C(/C)CCC[N+](C)(C)C. The Morgan fingerprint density at radius 3 is 1.27 bits per heavy atom. The standard InChI is InChI=1S/C45H85N2O/c1-7-9-11-13-15-17-19-21-23-25-27-29-31-33-35-37-41-45(48-46-44(3)40-39-43-47(4,5)6)42-38-36-34-32-30-28-26-24-22-20-18-16-14-12-10-8-2/h15-18,21-24,45H,7-14,19-20,25-43H2,1-6H3/q+1/b17-15-,18-16-,23-21-,24-22-,46-44-. The fourth-order valence-electron chi connectivity index (χ4n) is 5.99. The Bertz CT molecular complexity index is 752. The molecule has 0 radical (unpaired) electrons. The first-order valence-electron chi connectivity index (χ1n) is 21.0. The van der Waals surface area contributed by atoms with Crippen molar-refractivity contribution < 1.29 is 9.32 Å². The van der Waals surface area contributed by atoms with E-state index in [4.69, 9.17) is 4.84 Å².